The smallest absolute Gasteiger partial charge is 0.311 e. The lowest BCUT2D eigenvalue weighted by Gasteiger charge is -2.37. The zero-order valence-electron chi connectivity index (χ0n) is 14.4. The predicted octanol–water partition coefficient (Wildman–Crippen LogP) is 2.40. The van der Waals surface area contributed by atoms with E-state index < -0.39 is 5.60 Å². The molecule has 1 fully saturated rings. The van der Waals surface area contributed by atoms with Crippen LogP contribution in [0.2, 0.25) is 0 Å². The van der Waals surface area contributed by atoms with Crippen LogP contribution in [0, 0.1) is 0 Å². The lowest BCUT2D eigenvalue weighted by Crippen LogP contribution is -2.47. The Bertz CT molecular complexity index is 731. The number of allylic oxidation sites excluding steroid dienone is 2. The second kappa shape index (κ2) is 7.61. The Kier molecular flexibility index (Phi) is 5.28. The van der Waals surface area contributed by atoms with Gasteiger partial charge in [-0.15, -0.1) is 10.2 Å². The highest BCUT2D eigenvalue weighted by Gasteiger charge is 2.35. The van der Waals surface area contributed by atoms with Crippen LogP contribution in [0.5, 0.6) is 0 Å². The zero-order valence-corrected chi connectivity index (χ0v) is 14.4. The molecular weight excluding hydrogens is 318 g/mol. The number of aliphatic hydroxyl groups is 1. The zero-order chi connectivity index (χ0) is 17.7. The summed E-state index contributed by atoms with van der Waals surface area (Å²) in [6.07, 6.45) is 5.98. The minimum Gasteiger partial charge on any atom is -0.417 e. The van der Waals surface area contributed by atoms with Crippen molar-refractivity contribution in [3.63, 3.8) is 0 Å². The van der Waals surface area contributed by atoms with Crippen LogP contribution in [0.15, 0.2) is 46.9 Å². The molecule has 1 amide bonds. The summed E-state index contributed by atoms with van der Waals surface area (Å²) in [5.74, 6) is 0.188. The molecule has 3 rings (SSSR count). The standard InChI is InChI=1S/C19H23N3O3/c1-2-3-9-16-20-21-17(25-16)18(23)22-12-10-19(24,11-13-22)14-15-7-5-4-6-8-15/h2-8,24H,9-14H2,1H3. The molecule has 0 unspecified atom stereocenters. The van der Waals surface area contributed by atoms with E-state index in [-0.39, 0.29) is 11.8 Å². The largest absolute Gasteiger partial charge is 0.417 e. The third-order valence-corrected chi connectivity index (χ3v) is 4.54. The van der Waals surface area contributed by atoms with Crippen molar-refractivity contribution in [1.29, 1.82) is 0 Å². The van der Waals surface area contributed by atoms with Crippen molar-refractivity contribution in [2.24, 2.45) is 0 Å². The van der Waals surface area contributed by atoms with Gasteiger partial charge in [0.25, 0.3) is 0 Å². The molecule has 1 N–H and O–H groups in total. The Morgan fingerprint density at radius 1 is 1.28 bits per heavy atom. The summed E-state index contributed by atoms with van der Waals surface area (Å²) in [6.45, 7) is 2.87. The number of hydrogen-bond donors (Lipinski definition) is 1. The molecule has 0 radical (unpaired) electrons. The summed E-state index contributed by atoms with van der Waals surface area (Å²) in [5.41, 5.74) is 0.333. The average molecular weight is 341 g/mol. The average Bonchev–Trinajstić information content (AvgIpc) is 3.09. The number of rotatable bonds is 5. The molecule has 0 bridgehead atoms. The minimum atomic E-state index is -0.774. The van der Waals surface area contributed by atoms with E-state index in [2.05, 4.69) is 10.2 Å². The first-order valence-corrected chi connectivity index (χ1v) is 8.59. The fourth-order valence-corrected chi connectivity index (χ4v) is 3.06. The van der Waals surface area contributed by atoms with Gasteiger partial charge in [-0.1, -0.05) is 42.5 Å². The number of hydrogen-bond acceptors (Lipinski definition) is 5. The first kappa shape index (κ1) is 17.4. The van der Waals surface area contributed by atoms with Gasteiger partial charge in [0.1, 0.15) is 0 Å². The van der Waals surface area contributed by atoms with Gasteiger partial charge < -0.3 is 14.4 Å². The van der Waals surface area contributed by atoms with Gasteiger partial charge in [-0.05, 0) is 25.3 Å². The first-order chi connectivity index (χ1) is 12.1. The Morgan fingerprint density at radius 2 is 2.00 bits per heavy atom. The van der Waals surface area contributed by atoms with E-state index in [0.717, 1.165) is 5.56 Å². The molecule has 2 aromatic rings. The summed E-state index contributed by atoms with van der Waals surface area (Å²) in [5, 5.41) is 18.5. The molecule has 25 heavy (non-hydrogen) atoms. The molecule has 0 aliphatic carbocycles. The lowest BCUT2D eigenvalue weighted by molar-refractivity contribution is -0.0171. The molecule has 132 valence electrons. The molecule has 0 spiro atoms. The van der Waals surface area contributed by atoms with Crippen molar-refractivity contribution in [3.8, 4) is 0 Å². The van der Waals surface area contributed by atoms with Crippen LogP contribution in [0.3, 0.4) is 0 Å². The molecule has 0 atom stereocenters. The van der Waals surface area contributed by atoms with E-state index in [1.165, 1.54) is 0 Å². The SMILES string of the molecule is CC=CCc1nnc(C(=O)N2CCC(O)(Cc3ccccc3)CC2)o1. The first-order valence-electron chi connectivity index (χ1n) is 8.59. The molecule has 0 saturated carbocycles. The number of amides is 1. The molecule has 6 nitrogen and oxygen atoms in total. The van der Waals surface area contributed by atoms with E-state index in [4.69, 9.17) is 4.42 Å². The van der Waals surface area contributed by atoms with Crippen molar-refractivity contribution >= 4 is 5.91 Å². The molecule has 1 aromatic carbocycles. The summed E-state index contributed by atoms with van der Waals surface area (Å²) >= 11 is 0. The normalized spacial score (nSPS) is 17.1. The lowest BCUT2D eigenvalue weighted by atomic mass is 9.85. The summed E-state index contributed by atoms with van der Waals surface area (Å²) in [4.78, 5) is 14.2. The van der Waals surface area contributed by atoms with Crippen molar-refractivity contribution < 1.29 is 14.3 Å². The van der Waals surface area contributed by atoms with E-state index in [1.54, 1.807) is 4.90 Å². The van der Waals surface area contributed by atoms with Crippen molar-refractivity contribution in [3.05, 3.63) is 59.8 Å². The van der Waals surface area contributed by atoms with Crippen molar-refractivity contribution in [2.45, 2.75) is 38.2 Å². The van der Waals surface area contributed by atoms with Gasteiger partial charge in [-0.25, -0.2) is 0 Å². The number of aromatic nitrogens is 2. The van der Waals surface area contributed by atoms with Crippen LogP contribution in [0.4, 0.5) is 0 Å². The van der Waals surface area contributed by atoms with Gasteiger partial charge in [0.2, 0.25) is 5.89 Å². The maximum absolute atomic E-state index is 12.5. The molecule has 1 aliphatic rings. The maximum atomic E-state index is 12.5. The predicted molar refractivity (Wildman–Crippen MR) is 93.0 cm³/mol. The number of nitrogens with zero attached hydrogens (tertiary/aromatic N) is 3. The third kappa shape index (κ3) is 4.33. The number of carbonyl (C=O) groups excluding carboxylic acids is 1. The molecular formula is C19H23N3O3. The Labute approximate surface area is 147 Å². The number of carbonyl (C=O) groups is 1. The van der Waals surface area contributed by atoms with Crippen LogP contribution in [0.1, 0.15) is 41.9 Å². The molecule has 1 aromatic heterocycles. The van der Waals surface area contributed by atoms with Crippen LogP contribution >= 0.6 is 0 Å². The van der Waals surface area contributed by atoms with E-state index in [1.807, 2.05) is 49.4 Å². The second-order valence-electron chi connectivity index (χ2n) is 6.45. The monoisotopic (exact) mass is 341 g/mol. The Morgan fingerprint density at radius 3 is 2.68 bits per heavy atom. The number of benzene rings is 1. The van der Waals surface area contributed by atoms with Gasteiger partial charge in [0.05, 0.1) is 5.60 Å². The fraction of sp³-hybridized carbons (Fsp3) is 0.421. The van der Waals surface area contributed by atoms with Crippen LogP contribution in [-0.4, -0.2) is 44.8 Å². The Balaban J connectivity index is 1.58. The summed E-state index contributed by atoms with van der Waals surface area (Å²) in [6, 6.07) is 9.93. The van der Waals surface area contributed by atoms with Gasteiger partial charge in [-0.2, -0.15) is 0 Å². The van der Waals surface area contributed by atoms with Gasteiger partial charge in [-0.3, -0.25) is 4.79 Å². The van der Waals surface area contributed by atoms with E-state index >= 15 is 0 Å². The number of likely N-dealkylation sites (tertiary alicyclic amines) is 1. The van der Waals surface area contributed by atoms with Crippen LogP contribution in [0.25, 0.3) is 0 Å². The number of piperidine rings is 1. The molecule has 2 heterocycles. The maximum Gasteiger partial charge on any atom is 0.311 e. The van der Waals surface area contributed by atoms with Crippen molar-refractivity contribution in [1.82, 2.24) is 15.1 Å². The van der Waals surface area contributed by atoms with Gasteiger partial charge in [0.15, 0.2) is 0 Å². The van der Waals surface area contributed by atoms with Crippen LogP contribution < -0.4 is 0 Å². The summed E-state index contributed by atoms with van der Waals surface area (Å²) in [7, 11) is 0. The quantitative estimate of drug-likeness (QED) is 0.845. The second-order valence-corrected chi connectivity index (χ2v) is 6.45. The minimum absolute atomic E-state index is 0.0213. The van der Waals surface area contributed by atoms with Crippen molar-refractivity contribution in [2.75, 3.05) is 13.1 Å². The molecule has 6 heteroatoms. The van der Waals surface area contributed by atoms with E-state index in [9.17, 15) is 9.90 Å². The van der Waals surface area contributed by atoms with Gasteiger partial charge >= 0.3 is 11.8 Å². The van der Waals surface area contributed by atoms with Crippen LogP contribution in [-0.2, 0) is 12.8 Å². The molecule has 1 aliphatic heterocycles. The van der Waals surface area contributed by atoms with Gasteiger partial charge in [0, 0.05) is 25.9 Å². The fourth-order valence-electron chi connectivity index (χ4n) is 3.06. The summed E-state index contributed by atoms with van der Waals surface area (Å²) < 4.78 is 5.42. The third-order valence-electron chi connectivity index (χ3n) is 4.54. The Hall–Kier alpha value is -2.47. The highest BCUT2D eigenvalue weighted by atomic mass is 16.4. The topological polar surface area (TPSA) is 79.5 Å². The highest BCUT2D eigenvalue weighted by Crippen LogP contribution is 2.27. The molecule has 1 saturated heterocycles. The highest BCUT2D eigenvalue weighted by molar-refractivity contribution is 5.89. The van der Waals surface area contributed by atoms with E-state index in [0.29, 0.717) is 44.7 Å².